The number of carbonyl (C=O) groups excluding carboxylic acids is 2. The normalized spacial score (nSPS) is 22.7. The van der Waals surface area contributed by atoms with Crippen LogP contribution in [0.4, 0.5) is 5.69 Å². The van der Waals surface area contributed by atoms with Crippen LogP contribution in [0, 0.1) is 11.8 Å². The third-order valence-corrected chi connectivity index (χ3v) is 6.92. The summed E-state index contributed by atoms with van der Waals surface area (Å²) in [6.07, 6.45) is 7.89. The van der Waals surface area contributed by atoms with Crippen LogP contribution in [-0.2, 0) is 9.59 Å². The first-order chi connectivity index (χ1) is 13.6. The topological polar surface area (TPSA) is 52.7 Å². The first-order valence-corrected chi connectivity index (χ1v) is 11.1. The van der Waals surface area contributed by atoms with Crippen LogP contribution in [0.2, 0.25) is 5.02 Å². The summed E-state index contributed by atoms with van der Waals surface area (Å²) in [5.74, 6) is 1.04. The monoisotopic (exact) mass is 403 g/mol. The van der Waals surface area contributed by atoms with Crippen LogP contribution < -0.4 is 5.32 Å². The number of carbonyl (C=O) groups is 2. The molecule has 2 aliphatic carbocycles. The van der Waals surface area contributed by atoms with Crippen LogP contribution in [0.5, 0.6) is 0 Å². The molecule has 28 heavy (non-hydrogen) atoms. The maximum Gasteiger partial charge on any atom is 0.242 e. The first-order valence-electron chi connectivity index (χ1n) is 10.7. The molecule has 1 heterocycles. The molecule has 1 saturated heterocycles. The average Bonchev–Trinajstić information content (AvgIpc) is 3.15. The second-order valence-corrected chi connectivity index (χ2v) is 8.91. The van der Waals surface area contributed by atoms with E-state index in [-0.39, 0.29) is 17.9 Å². The summed E-state index contributed by atoms with van der Waals surface area (Å²) in [5.41, 5.74) is 0.749. The molecule has 1 aromatic carbocycles. The van der Waals surface area contributed by atoms with Crippen LogP contribution in [0.1, 0.15) is 44.9 Å². The van der Waals surface area contributed by atoms with Crippen LogP contribution in [-0.4, -0.2) is 53.8 Å². The van der Waals surface area contributed by atoms with E-state index < -0.39 is 0 Å². The highest BCUT2D eigenvalue weighted by atomic mass is 35.5. The maximum absolute atomic E-state index is 13.2. The standard InChI is InChI=1S/C22H30ClN3O2/c23-18-9-4-10-19(15-18)24-21(27)20(16-5-1-2-6-16)25-11-13-26(14-12-25)22(28)17-7-3-8-17/h4,9-10,15-17,20H,1-3,5-8,11-14H2,(H,24,27)/t20-/m1/s1. The van der Waals surface area contributed by atoms with Gasteiger partial charge in [-0.05, 0) is 49.8 Å². The molecule has 0 spiro atoms. The van der Waals surface area contributed by atoms with Gasteiger partial charge in [0.15, 0.2) is 0 Å². The van der Waals surface area contributed by atoms with E-state index in [1.165, 1.54) is 19.3 Å². The van der Waals surface area contributed by atoms with E-state index >= 15 is 0 Å². The first kappa shape index (κ1) is 19.7. The molecular formula is C22H30ClN3O2. The fraction of sp³-hybridized carbons (Fsp3) is 0.636. The summed E-state index contributed by atoms with van der Waals surface area (Å²) < 4.78 is 0. The number of amides is 2. The SMILES string of the molecule is O=C(Nc1cccc(Cl)c1)[C@@H](C1CCCC1)N1CCN(C(=O)C2CCC2)CC1. The molecule has 0 bridgehead atoms. The third kappa shape index (κ3) is 4.36. The Labute approximate surface area is 172 Å². The Balaban J connectivity index is 1.41. The smallest absolute Gasteiger partial charge is 0.242 e. The summed E-state index contributed by atoms with van der Waals surface area (Å²) in [5, 5.41) is 3.71. The lowest BCUT2D eigenvalue weighted by Gasteiger charge is -2.42. The van der Waals surface area contributed by atoms with Gasteiger partial charge >= 0.3 is 0 Å². The van der Waals surface area contributed by atoms with Crippen LogP contribution in [0.25, 0.3) is 0 Å². The van der Waals surface area contributed by atoms with E-state index in [0.29, 0.717) is 16.8 Å². The van der Waals surface area contributed by atoms with Crippen molar-refractivity contribution in [2.24, 2.45) is 11.8 Å². The van der Waals surface area contributed by atoms with Crippen LogP contribution in [0.3, 0.4) is 0 Å². The highest BCUT2D eigenvalue weighted by Gasteiger charge is 2.38. The van der Waals surface area contributed by atoms with Crippen molar-refractivity contribution in [2.75, 3.05) is 31.5 Å². The number of piperazine rings is 1. The maximum atomic E-state index is 13.2. The van der Waals surface area contributed by atoms with Crippen molar-refractivity contribution in [3.05, 3.63) is 29.3 Å². The molecule has 0 unspecified atom stereocenters. The van der Waals surface area contributed by atoms with Crippen molar-refractivity contribution >= 4 is 29.1 Å². The molecule has 1 N–H and O–H groups in total. The molecule has 1 atom stereocenters. The van der Waals surface area contributed by atoms with Crippen molar-refractivity contribution in [3.8, 4) is 0 Å². The molecular weight excluding hydrogens is 374 g/mol. The number of nitrogens with one attached hydrogen (secondary N) is 1. The second-order valence-electron chi connectivity index (χ2n) is 8.48. The van der Waals surface area contributed by atoms with Crippen LogP contribution in [0.15, 0.2) is 24.3 Å². The predicted molar refractivity (Wildman–Crippen MR) is 111 cm³/mol. The van der Waals surface area contributed by atoms with Crippen LogP contribution >= 0.6 is 11.6 Å². The summed E-state index contributed by atoms with van der Waals surface area (Å²) in [4.78, 5) is 30.1. The van der Waals surface area contributed by atoms with Crippen molar-refractivity contribution < 1.29 is 9.59 Å². The van der Waals surface area contributed by atoms with Gasteiger partial charge in [-0.3, -0.25) is 14.5 Å². The quantitative estimate of drug-likeness (QED) is 0.813. The lowest BCUT2D eigenvalue weighted by atomic mass is 9.84. The molecule has 6 heteroatoms. The fourth-order valence-electron chi connectivity index (χ4n) is 4.87. The van der Waals surface area contributed by atoms with Gasteiger partial charge in [0.2, 0.25) is 11.8 Å². The van der Waals surface area contributed by atoms with E-state index in [1.54, 1.807) is 6.07 Å². The molecule has 1 aromatic rings. The summed E-state index contributed by atoms with van der Waals surface area (Å²) in [7, 11) is 0. The van der Waals surface area contributed by atoms with Gasteiger partial charge in [-0.2, -0.15) is 0 Å². The Bertz CT molecular complexity index is 707. The number of halogens is 1. The summed E-state index contributed by atoms with van der Waals surface area (Å²) in [6, 6.07) is 7.21. The summed E-state index contributed by atoms with van der Waals surface area (Å²) >= 11 is 6.07. The number of benzene rings is 1. The lowest BCUT2D eigenvalue weighted by molar-refractivity contribution is -0.140. The van der Waals surface area contributed by atoms with Crippen molar-refractivity contribution in [2.45, 2.75) is 51.0 Å². The molecule has 1 aliphatic heterocycles. The van der Waals surface area contributed by atoms with Gasteiger partial charge < -0.3 is 10.2 Å². The molecule has 152 valence electrons. The molecule has 0 aromatic heterocycles. The van der Waals surface area contributed by atoms with Gasteiger partial charge in [0.25, 0.3) is 0 Å². The summed E-state index contributed by atoms with van der Waals surface area (Å²) in [6.45, 7) is 3.04. The zero-order valence-corrected chi connectivity index (χ0v) is 17.2. The van der Waals surface area contributed by atoms with Gasteiger partial charge in [-0.25, -0.2) is 0 Å². The van der Waals surface area contributed by atoms with E-state index in [0.717, 1.165) is 57.5 Å². The minimum Gasteiger partial charge on any atom is -0.340 e. The van der Waals surface area contributed by atoms with Gasteiger partial charge in [0.05, 0.1) is 6.04 Å². The average molecular weight is 404 g/mol. The largest absolute Gasteiger partial charge is 0.340 e. The highest BCUT2D eigenvalue weighted by molar-refractivity contribution is 6.30. The van der Waals surface area contributed by atoms with Gasteiger partial charge in [0.1, 0.15) is 0 Å². The predicted octanol–water partition coefficient (Wildman–Crippen LogP) is 3.78. The lowest BCUT2D eigenvalue weighted by Crippen LogP contribution is -2.57. The number of nitrogens with zero attached hydrogens (tertiary/aromatic N) is 2. The van der Waals surface area contributed by atoms with Gasteiger partial charge in [-0.15, -0.1) is 0 Å². The fourth-order valence-corrected chi connectivity index (χ4v) is 5.06. The highest BCUT2D eigenvalue weighted by Crippen LogP contribution is 2.33. The Morgan fingerprint density at radius 1 is 1.00 bits per heavy atom. The molecule has 0 radical (unpaired) electrons. The Morgan fingerprint density at radius 3 is 2.32 bits per heavy atom. The van der Waals surface area contributed by atoms with Gasteiger partial charge in [0, 0.05) is 42.8 Å². The van der Waals surface area contributed by atoms with Gasteiger partial charge in [-0.1, -0.05) is 36.9 Å². The van der Waals surface area contributed by atoms with Crippen molar-refractivity contribution in [1.82, 2.24) is 9.80 Å². The Morgan fingerprint density at radius 2 is 1.71 bits per heavy atom. The number of hydrogen-bond acceptors (Lipinski definition) is 3. The number of anilines is 1. The minimum atomic E-state index is -0.123. The third-order valence-electron chi connectivity index (χ3n) is 6.68. The van der Waals surface area contributed by atoms with E-state index in [1.807, 2.05) is 23.1 Å². The molecule has 4 rings (SSSR count). The zero-order chi connectivity index (χ0) is 19.5. The Kier molecular flexibility index (Phi) is 6.22. The molecule has 3 fully saturated rings. The second kappa shape index (κ2) is 8.83. The van der Waals surface area contributed by atoms with E-state index in [4.69, 9.17) is 11.6 Å². The number of rotatable bonds is 5. The number of hydrogen-bond donors (Lipinski definition) is 1. The zero-order valence-electron chi connectivity index (χ0n) is 16.4. The molecule has 3 aliphatic rings. The Hall–Kier alpha value is -1.59. The van der Waals surface area contributed by atoms with Crippen molar-refractivity contribution in [3.63, 3.8) is 0 Å². The molecule has 2 saturated carbocycles. The van der Waals surface area contributed by atoms with Crippen molar-refractivity contribution in [1.29, 1.82) is 0 Å². The van der Waals surface area contributed by atoms with E-state index in [9.17, 15) is 9.59 Å². The molecule has 2 amide bonds. The molecule has 5 nitrogen and oxygen atoms in total. The minimum absolute atomic E-state index is 0.0629. The van der Waals surface area contributed by atoms with E-state index in [2.05, 4.69) is 10.2 Å².